The van der Waals surface area contributed by atoms with Crippen molar-refractivity contribution in [2.24, 2.45) is 0 Å². The molecule has 0 saturated heterocycles. The van der Waals surface area contributed by atoms with E-state index in [0.29, 0.717) is 11.0 Å². The van der Waals surface area contributed by atoms with E-state index in [2.05, 4.69) is 0 Å². The van der Waals surface area contributed by atoms with Gasteiger partial charge in [-0.15, -0.1) is 0 Å². The van der Waals surface area contributed by atoms with Crippen molar-refractivity contribution in [3.05, 3.63) is 127 Å². The largest absolute Gasteiger partial charge is 0.456 e. The van der Waals surface area contributed by atoms with Crippen LogP contribution in [0.1, 0.15) is 17.8 Å². The summed E-state index contributed by atoms with van der Waals surface area (Å²) in [5.74, 6) is -0.754. The lowest BCUT2D eigenvalue weighted by atomic mass is 9.90. The van der Waals surface area contributed by atoms with Gasteiger partial charge in [-0.3, -0.25) is 0 Å². The van der Waals surface area contributed by atoms with Crippen molar-refractivity contribution in [2.45, 2.75) is 0 Å². The Bertz CT molecular complexity index is 2630. The summed E-state index contributed by atoms with van der Waals surface area (Å²) in [7, 11) is 0. The van der Waals surface area contributed by atoms with E-state index in [4.69, 9.17) is 18.4 Å². The average molecular weight is 473 g/mol. The van der Waals surface area contributed by atoms with Gasteiger partial charge in [0.25, 0.3) is 0 Å². The quantitative estimate of drug-likeness (QED) is 0.244. The number of rotatable bonds is 2. The summed E-state index contributed by atoms with van der Waals surface area (Å²) in [4.78, 5) is 0. The highest BCUT2D eigenvalue weighted by Gasteiger charge is 2.22. The van der Waals surface area contributed by atoms with Crippen LogP contribution in [0.25, 0.3) is 60.5 Å². The Hall–Kier alpha value is -4.82. The Labute approximate surface area is 226 Å². The molecule has 0 unspecified atom stereocenters. The van der Waals surface area contributed by atoms with E-state index >= 15 is 0 Å². The Morgan fingerprint density at radius 3 is 1.97 bits per heavy atom. The summed E-state index contributed by atoms with van der Waals surface area (Å²) in [6.45, 7) is 0. The predicted molar refractivity (Wildman–Crippen MR) is 149 cm³/mol. The van der Waals surface area contributed by atoms with E-state index in [9.17, 15) is 4.11 Å². The Morgan fingerprint density at radius 2 is 1.17 bits per heavy atom. The minimum atomic E-state index is -0.647. The first-order valence-electron chi connectivity index (χ1n) is 17.7. The average Bonchev–Trinajstić information content (AvgIpc) is 3.43. The standard InChI is InChI=1S/C34H21NO/c1-5-16-29(35-30-17-6-2-11-24(30)25-12-3-7-18-31(25)35)23(10-1)22-20-21-33-34-27(22)14-9-15-28(34)26-13-4-8-19-32(26)36-33/h1-21H/i1D,4D,5D,8D,9D,10D,13D,14D,15D,16D,19D,20D,21D. The van der Waals surface area contributed by atoms with Gasteiger partial charge in [0.15, 0.2) is 0 Å². The number of hydrogen-bond donors (Lipinski definition) is 0. The van der Waals surface area contributed by atoms with Crippen LogP contribution in [0, 0.1) is 0 Å². The zero-order chi connectivity index (χ0) is 35.0. The van der Waals surface area contributed by atoms with Crippen LogP contribution in [0.4, 0.5) is 0 Å². The molecule has 0 aliphatic carbocycles. The third-order valence-electron chi connectivity index (χ3n) is 6.48. The minimum absolute atomic E-state index is 0.0620. The summed E-state index contributed by atoms with van der Waals surface area (Å²) in [5, 5.41) is 1.21. The smallest absolute Gasteiger partial charge is 0.135 e. The summed E-state index contributed by atoms with van der Waals surface area (Å²) < 4.78 is 122. The van der Waals surface area contributed by atoms with Gasteiger partial charge in [-0.2, -0.15) is 0 Å². The molecule has 0 fully saturated rings. The zero-order valence-electron chi connectivity index (χ0n) is 31.5. The van der Waals surface area contributed by atoms with Crippen LogP contribution in [0.3, 0.4) is 0 Å². The molecule has 0 amide bonds. The topological polar surface area (TPSA) is 14.2 Å². The van der Waals surface area contributed by atoms with Crippen molar-refractivity contribution in [3.63, 3.8) is 0 Å². The fourth-order valence-corrected chi connectivity index (χ4v) is 4.99. The molecule has 2 heteroatoms. The van der Waals surface area contributed by atoms with Crippen molar-refractivity contribution in [2.75, 3.05) is 0 Å². The number of ether oxygens (including phenoxy) is 1. The molecule has 0 N–H and O–H groups in total. The summed E-state index contributed by atoms with van der Waals surface area (Å²) >= 11 is 0. The Balaban J connectivity index is 1.64. The lowest BCUT2D eigenvalue weighted by molar-refractivity contribution is 0.487. The van der Waals surface area contributed by atoms with Crippen molar-refractivity contribution in [1.82, 2.24) is 4.57 Å². The lowest BCUT2D eigenvalue weighted by Gasteiger charge is -2.23. The highest BCUT2D eigenvalue weighted by Crippen LogP contribution is 2.49. The predicted octanol–water partition coefficient (Wildman–Crippen LogP) is 9.38. The van der Waals surface area contributed by atoms with E-state index in [1.165, 1.54) is 0 Å². The number of hydrogen-bond acceptors (Lipinski definition) is 1. The first-order valence-corrected chi connectivity index (χ1v) is 11.2. The molecule has 0 saturated carbocycles. The molecule has 2 nitrogen and oxygen atoms in total. The number of benzene rings is 6. The zero-order valence-corrected chi connectivity index (χ0v) is 18.5. The van der Waals surface area contributed by atoms with E-state index in [1.807, 2.05) is 24.3 Å². The fourth-order valence-electron chi connectivity index (χ4n) is 4.99. The second-order valence-electron chi connectivity index (χ2n) is 8.35. The third-order valence-corrected chi connectivity index (χ3v) is 6.48. The third kappa shape index (κ3) is 2.61. The molecule has 7 aromatic rings. The van der Waals surface area contributed by atoms with Crippen LogP contribution >= 0.6 is 0 Å². The molecule has 8 rings (SSSR count). The Morgan fingerprint density at radius 1 is 0.500 bits per heavy atom. The van der Waals surface area contributed by atoms with E-state index in [-0.39, 0.29) is 44.5 Å². The number of nitrogens with zero attached hydrogens (tertiary/aromatic N) is 1. The van der Waals surface area contributed by atoms with E-state index in [0.717, 1.165) is 10.8 Å². The normalized spacial score (nSPS) is 17.2. The molecule has 0 radical (unpaired) electrons. The molecule has 0 atom stereocenters. The molecule has 168 valence electrons. The monoisotopic (exact) mass is 472 g/mol. The van der Waals surface area contributed by atoms with Gasteiger partial charge >= 0.3 is 0 Å². The lowest BCUT2D eigenvalue weighted by Crippen LogP contribution is -2.00. The maximum absolute atomic E-state index is 9.30. The van der Waals surface area contributed by atoms with Gasteiger partial charge in [0.2, 0.25) is 0 Å². The van der Waals surface area contributed by atoms with Gasteiger partial charge in [-0.1, -0.05) is 90.8 Å². The van der Waals surface area contributed by atoms with Crippen molar-refractivity contribution < 1.29 is 22.6 Å². The SMILES string of the molecule is [2H]c1c([2H])c([2H])c2c(c1[2H])Oc1c([2H])c([2H])c(-c3c([2H])c([2H])c([2H])c([2H])c3-n3c4ccccc4c4ccccc43)c3c([2H])c([2H])c([2H])c-2c13. The number of para-hydroxylation sites is 4. The minimum Gasteiger partial charge on any atom is -0.456 e. The van der Waals surface area contributed by atoms with Crippen LogP contribution in [0.15, 0.2) is 127 Å². The first kappa shape index (κ1) is 10.8. The molecule has 0 bridgehead atoms. The van der Waals surface area contributed by atoms with Crippen LogP contribution in [-0.4, -0.2) is 4.57 Å². The van der Waals surface area contributed by atoms with Gasteiger partial charge in [0.1, 0.15) is 11.5 Å². The van der Waals surface area contributed by atoms with Crippen LogP contribution in [-0.2, 0) is 0 Å². The van der Waals surface area contributed by atoms with Crippen LogP contribution in [0.5, 0.6) is 11.5 Å². The molecule has 2 heterocycles. The molecule has 36 heavy (non-hydrogen) atoms. The number of aromatic nitrogens is 1. The molecule has 1 aliphatic rings. The summed E-state index contributed by atoms with van der Waals surface area (Å²) in [6.07, 6.45) is 0. The molecular formula is C34H21NO. The summed E-state index contributed by atoms with van der Waals surface area (Å²) in [6, 6.07) is 6.98. The maximum atomic E-state index is 9.30. The van der Waals surface area contributed by atoms with Crippen molar-refractivity contribution in [3.8, 4) is 39.4 Å². The second-order valence-corrected chi connectivity index (χ2v) is 8.35. The van der Waals surface area contributed by atoms with Crippen molar-refractivity contribution >= 4 is 32.6 Å². The van der Waals surface area contributed by atoms with E-state index in [1.54, 1.807) is 28.8 Å². The molecule has 1 aliphatic heterocycles. The van der Waals surface area contributed by atoms with Gasteiger partial charge in [-0.25, -0.2) is 0 Å². The molecular weight excluding hydrogens is 438 g/mol. The highest BCUT2D eigenvalue weighted by atomic mass is 16.5. The van der Waals surface area contributed by atoms with E-state index < -0.39 is 84.3 Å². The Kier molecular flexibility index (Phi) is 2.21. The number of fused-ring (bicyclic) bond motifs is 5. The molecule has 0 spiro atoms. The van der Waals surface area contributed by atoms with Crippen LogP contribution in [0.2, 0.25) is 0 Å². The van der Waals surface area contributed by atoms with Gasteiger partial charge in [-0.05, 0) is 52.8 Å². The second kappa shape index (κ2) is 7.34. The van der Waals surface area contributed by atoms with Gasteiger partial charge in [0, 0.05) is 27.3 Å². The highest BCUT2D eigenvalue weighted by molar-refractivity contribution is 6.12. The fraction of sp³-hybridized carbons (Fsp3) is 0. The molecule has 6 aromatic carbocycles. The molecule has 1 aromatic heterocycles. The van der Waals surface area contributed by atoms with Gasteiger partial charge in [0.05, 0.1) is 34.5 Å². The van der Waals surface area contributed by atoms with Gasteiger partial charge < -0.3 is 9.30 Å². The first-order chi connectivity index (χ1) is 23.3. The van der Waals surface area contributed by atoms with Crippen LogP contribution < -0.4 is 4.74 Å². The summed E-state index contributed by atoms with van der Waals surface area (Å²) in [5.41, 5.74) is 0.165. The maximum Gasteiger partial charge on any atom is 0.135 e. The van der Waals surface area contributed by atoms with Crippen molar-refractivity contribution in [1.29, 1.82) is 0 Å².